The number of primary amides is 1. The summed E-state index contributed by atoms with van der Waals surface area (Å²) in [5, 5.41) is 28.6. The van der Waals surface area contributed by atoms with Crippen molar-refractivity contribution >= 4 is 17.8 Å². The van der Waals surface area contributed by atoms with Crippen molar-refractivity contribution in [2.24, 2.45) is 5.73 Å². The van der Waals surface area contributed by atoms with Crippen LogP contribution in [-0.2, 0) is 20.8 Å². The monoisotopic (exact) mass is 384 g/mol. The summed E-state index contributed by atoms with van der Waals surface area (Å²) in [5.41, 5.74) is 5.96. The summed E-state index contributed by atoms with van der Waals surface area (Å²) in [7, 11) is 0. The maximum Gasteiger partial charge on any atom is 0.303 e. The zero-order chi connectivity index (χ0) is 20.8. The van der Waals surface area contributed by atoms with Gasteiger partial charge in [-0.25, -0.2) is 0 Å². The van der Waals surface area contributed by atoms with Gasteiger partial charge < -0.3 is 31.1 Å². The fourth-order valence-corrected chi connectivity index (χ4v) is 1.74. The molecule has 27 heavy (non-hydrogen) atoms. The van der Waals surface area contributed by atoms with Gasteiger partial charge in [0.05, 0.1) is 19.3 Å². The summed E-state index contributed by atoms with van der Waals surface area (Å²) in [4.78, 5) is 30.0. The predicted octanol–water partition coefficient (Wildman–Crippen LogP) is 0.388. The predicted molar refractivity (Wildman–Crippen MR) is 98.5 cm³/mol. The fourth-order valence-electron chi connectivity index (χ4n) is 1.74. The van der Waals surface area contributed by atoms with E-state index in [0.717, 1.165) is 5.56 Å². The van der Waals surface area contributed by atoms with E-state index in [0.29, 0.717) is 18.3 Å². The molecule has 0 aromatic heterocycles. The number of rotatable bonds is 11. The SMILES string of the molecule is CC(C)NCC(O)COc1ccc(CC(N)=O)cc1.O=C(O)CCC(=O)O. The van der Waals surface area contributed by atoms with Gasteiger partial charge in [0.2, 0.25) is 5.91 Å². The second-order valence-electron chi connectivity index (χ2n) is 6.10. The molecule has 0 aliphatic heterocycles. The van der Waals surface area contributed by atoms with Crippen LogP contribution in [0.4, 0.5) is 0 Å². The van der Waals surface area contributed by atoms with E-state index >= 15 is 0 Å². The van der Waals surface area contributed by atoms with Crippen molar-refractivity contribution in [1.29, 1.82) is 0 Å². The number of aliphatic hydroxyl groups excluding tert-OH is 1. The lowest BCUT2D eigenvalue weighted by molar-refractivity contribution is -0.143. The number of aliphatic carboxylic acids is 2. The highest BCUT2D eigenvalue weighted by molar-refractivity contribution is 5.76. The van der Waals surface area contributed by atoms with Crippen molar-refractivity contribution in [2.45, 2.75) is 45.3 Å². The standard InChI is InChI=1S/C14H22N2O3.C4H6O4/c1-10(2)16-8-12(17)9-19-13-5-3-11(4-6-13)7-14(15)18;5-3(6)1-2-4(7)8/h3-6,10,12,16-17H,7-9H2,1-2H3,(H2,15,18);1-2H2,(H,5,6)(H,7,8). The smallest absolute Gasteiger partial charge is 0.303 e. The zero-order valence-corrected chi connectivity index (χ0v) is 15.6. The maximum atomic E-state index is 10.7. The number of carboxylic acid groups (broad SMARTS) is 2. The summed E-state index contributed by atoms with van der Waals surface area (Å²) in [6.07, 6.45) is -0.918. The normalized spacial score (nSPS) is 11.3. The number of nitrogens with two attached hydrogens (primary N) is 1. The van der Waals surface area contributed by atoms with Gasteiger partial charge in [0.15, 0.2) is 0 Å². The van der Waals surface area contributed by atoms with E-state index in [-0.39, 0.29) is 31.8 Å². The number of carbonyl (C=O) groups excluding carboxylic acids is 1. The quantitative estimate of drug-likeness (QED) is 0.366. The molecule has 0 saturated heterocycles. The lowest BCUT2D eigenvalue weighted by Crippen LogP contribution is -2.35. The average molecular weight is 384 g/mol. The van der Waals surface area contributed by atoms with Crippen LogP contribution in [-0.4, -0.2) is 58.5 Å². The van der Waals surface area contributed by atoms with Gasteiger partial charge in [-0.2, -0.15) is 0 Å². The number of carboxylic acids is 2. The molecule has 1 rings (SSSR count). The Morgan fingerprint density at radius 3 is 2.00 bits per heavy atom. The van der Waals surface area contributed by atoms with Crippen molar-refractivity contribution in [1.82, 2.24) is 5.32 Å². The number of amides is 1. The lowest BCUT2D eigenvalue weighted by atomic mass is 10.1. The van der Waals surface area contributed by atoms with Crippen LogP contribution in [0.5, 0.6) is 5.75 Å². The van der Waals surface area contributed by atoms with E-state index in [2.05, 4.69) is 5.32 Å². The Labute approximate surface area is 158 Å². The Bertz CT molecular complexity index is 574. The van der Waals surface area contributed by atoms with E-state index in [1.54, 1.807) is 24.3 Å². The Balaban J connectivity index is 0.000000713. The van der Waals surface area contributed by atoms with Gasteiger partial charge in [0.1, 0.15) is 18.5 Å². The molecule has 0 aliphatic carbocycles. The summed E-state index contributed by atoms with van der Waals surface area (Å²) in [6.45, 7) is 4.77. The highest BCUT2D eigenvalue weighted by atomic mass is 16.5. The minimum Gasteiger partial charge on any atom is -0.491 e. The second kappa shape index (κ2) is 13.5. The molecule has 9 heteroatoms. The van der Waals surface area contributed by atoms with Crippen molar-refractivity contribution in [3.63, 3.8) is 0 Å². The number of benzene rings is 1. The molecule has 0 heterocycles. The molecule has 1 aromatic rings. The number of ether oxygens (including phenoxy) is 1. The van der Waals surface area contributed by atoms with Gasteiger partial charge in [-0.3, -0.25) is 14.4 Å². The van der Waals surface area contributed by atoms with E-state index in [1.165, 1.54) is 0 Å². The van der Waals surface area contributed by atoms with Gasteiger partial charge in [-0.1, -0.05) is 26.0 Å². The summed E-state index contributed by atoms with van der Waals surface area (Å²) < 4.78 is 5.45. The van der Waals surface area contributed by atoms with E-state index in [9.17, 15) is 19.5 Å². The Morgan fingerprint density at radius 1 is 1.07 bits per heavy atom. The molecule has 6 N–H and O–H groups in total. The largest absolute Gasteiger partial charge is 0.491 e. The van der Waals surface area contributed by atoms with Crippen molar-refractivity contribution in [2.75, 3.05) is 13.2 Å². The van der Waals surface area contributed by atoms with E-state index < -0.39 is 18.0 Å². The second-order valence-corrected chi connectivity index (χ2v) is 6.10. The highest BCUT2D eigenvalue weighted by Gasteiger charge is 2.06. The molecular formula is C18H28N2O7. The molecule has 0 bridgehead atoms. The van der Waals surface area contributed by atoms with Crippen molar-refractivity contribution in [3.05, 3.63) is 29.8 Å². The Morgan fingerprint density at radius 2 is 1.59 bits per heavy atom. The van der Waals surface area contributed by atoms with Crippen LogP contribution >= 0.6 is 0 Å². The van der Waals surface area contributed by atoms with Crippen molar-refractivity contribution in [3.8, 4) is 5.75 Å². The van der Waals surface area contributed by atoms with Crippen LogP contribution in [0.15, 0.2) is 24.3 Å². The molecule has 1 unspecified atom stereocenters. The van der Waals surface area contributed by atoms with E-state index in [1.807, 2.05) is 13.8 Å². The number of aliphatic hydroxyl groups is 1. The van der Waals surface area contributed by atoms with Gasteiger partial charge in [-0.15, -0.1) is 0 Å². The third-order valence-corrected chi connectivity index (χ3v) is 3.06. The number of hydrogen-bond donors (Lipinski definition) is 5. The van der Waals surface area contributed by atoms with Crippen LogP contribution in [0.3, 0.4) is 0 Å². The number of hydrogen-bond acceptors (Lipinski definition) is 6. The molecule has 9 nitrogen and oxygen atoms in total. The Hall–Kier alpha value is -2.65. The fraction of sp³-hybridized carbons (Fsp3) is 0.500. The number of carbonyl (C=O) groups is 3. The first-order chi connectivity index (χ1) is 12.6. The highest BCUT2D eigenvalue weighted by Crippen LogP contribution is 2.12. The zero-order valence-electron chi connectivity index (χ0n) is 15.6. The number of nitrogens with one attached hydrogen (secondary N) is 1. The van der Waals surface area contributed by atoms with Crippen molar-refractivity contribution < 1.29 is 34.4 Å². The molecule has 0 spiro atoms. The molecule has 0 radical (unpaired) electrons. The molecule has 1 amide bonds. The summed E-state index contributed by atoms with van der Waals surface area (Å²) in [5.74, 6) is -1.85. The minimum absolute atomic E-state index is 0.223. The van der Waals surface area contributed by atoms with Crippen LogP contribution in [0, 0.1) is 0 Å². The van der Waals surface area contributed by atoms with Crippen LogP contribution in [0.1, 0.15) is 32.3 Å². The summed E-state index contributed by atoms with van der Waals surface area (Å²) in [6, 6.07) is 7.45. The van der Waals surface area contributed by atoms with Crippen LogP contribution in [0.2, 0.25) is 0 Å². The molecular weight excluding hydrogens is 356 g/mol. The van der Waals surface area contributed by atoms with E-state index in [4.69, 9.17) is 20.7 Å². The Kier molecular flexibility index (Phi) is 12.2. The first kappa shape index (κ1) is 24.4. The average Bonchev–Trinajstić information content (AvgIpc) is 2.57. The lowest BCUT2D eigenvalue weighted by Gasteiger charge is -2.15. The maximum absolute atomic E-state index is 10.7. The van der Waals surface area contributed by atoms with Crippen LogP contribution in [0.25, 0.3) is 0 Å². The molecule has 0 aliphatic rings. The van der Waals surface area contributed by atoms with Gasteiger partial charge in [0, 0.05) is 12.6 Å². The molecule has 1 atom stereocenters. The molecule has 0 fully saturated rings. The first-order valence-corrected chi connectivity index (χ1v) is 8.45. The van der Waals surface area contributed by atoms with Gasteiger partial charge in [-0.05, 0) is 17.7 Å². The third kappa shape index (κ3) is 15.3. The van der Waals surface area contributed by atoms with Crippen LogP contribution < -0.4 is 15.8 Å². The van der Waals surface area contributed by atoms with Gasteiger partial charge in [0.25, 0.3) is 0 Å². The first-order valence-electron chi connectivity index (χ1n) is 8.45. The minimum atomic E-state index is -1.08. The van der Waals surface area contributed by atoms with Gasteiger partial charge >= 0.3 is 11.9 Å². The molecule has 152 valence electrons. The topological polar surface area (TPSA) is 159 Å². The molecule has 1 aromatic carbocycles. The summed E-state index contributed by atoms with van der Waals surface area (Å²) >= 11 is 0. The third-order valence-electron chi connectivity index (χ3n) is 3.06. The molecule has 0 saturated carbocycles.